The fourth-order valence-electron chi connectivity index (χ4n) is 1.58. The lowest BCUT2D eigenvalue weighted by molar-refractivity contribution is 0.352. The lowest BCUT2D eigenvalue weighted by Crippen LogP contribution is -2.07. The Balaban J connectivity index is 2.06. The molecule has 0 N–H and O–H groups in total. The van der Waals surface area contributed by atoms with Gasteiger partial charge in [-0.2, -0.15) is 0 Å². The molecule has 1 rings (SSSR count). The summed E-state index contributed by atoms with van der Waals surface area (Å²) >= 11 is 5.87. The second-order valence-corrected chi connectivity index (χ2v) is 4.49. The van der Waals surface area contributed by atoms with Crippen molar-refractivity contribution in [3.8, 4) is 0 Å². The molecule has 0 aromatic heterocycles. The van der Waals surface area contributed by atoms with Crippen LogP contribution in [-0.4, -0.2) is 18.6 Å². The number of halogens is 1. The second-order valence-electron chi connectivity index (χ2n) is 4.18. The van der Waals surface area contributed by atoms with E-state index in [4.69, 9.17) is 16.3 Å². The molecule has 0 bridgehead atoms. The Morgan fingerprint density at radius 1 is 1.50 bits per heavy atom. The molecule has 0 aliphatic carbocycles. The summed E-state index contributed by atoms with van der Waals surface area (Å²) in [6, 6.07) is 0. The zero-order chi connectivity index (χ0) is 8.97. The van der Waals surface area contributed by atoms with Crippen LogP contribution in [0.3, 0.4) is 0 Å². The fourth-order valence-corrected chi connectivity index (χ4v) is 1.86. The molecule has 1 saturated heterocycles. The summed E-state index contributed by atoms with van der Waals surface area (Å²) in [5.41, 5.74) is 0. The normalized spacial score (nSPS) is 24.5. The van der Waals surface area contributed by atoms with Crippen molar-refractivity contribution in [1.82, 2.24) is 0 Å². The molecule has 1 aliphatic heterocycles. The van der Waals surface area contributed by atoms with Gasteiger partial charge in [-0.25, -0.2) is 0 Å². The van der Waals surface area contributed by atoms with Crippen molar-refractivity contribution in [1.29, 1.82) is 0 Å². The average molecular weight is 191 g/mol. The molecule has 0 aromatic rings. The van der Waals surface area contributed by atoms with Crippen molar-refractivity contribution in [2.75, 3.05) is 12.5 Å². The summed E-state index contributed by atoms with van der Waals surface area (Å²) in [6.45, 7) is 5.50. The first-order chi connectivity index (χ1) is 5.72. The molecule has 2 unspecified atom stereocenters. The van der Waals surface area contributed by atoms with Gasteiger partial charge in [-0.05, 0) is 31.1 Å². The summed E-state index contributed by atoms with van der Waals surface area (Å²) in [4.78, 5) is 0. The Morgan fingerprint density at radius 2 is 2.17 bits per heavy atom. The Labute approximate surface area is 80.4 Å². The minimum absolute atomic E-state index is 0.572. The molecule has 1 heterocycles. The van der Waals surface area contributed by atoms with Crippen LogP contribution in [0.1, 0.15) is 33.1 Å². The Kier molecular flexibility index (Phi) is 4.38. The molecule has 1 nitrogen and oxygen atoms in total. The number of rotatable bonds is 6. The van der Waals surface area contributed by atoms with E-state index in [9.17, 15) is 0 Å². The van der Waals surface area contributed by atoms with E-state index in [1.165, 1.54) is 19.3 Å². The van der Waals surface area contributed by atoms with Crippen LogP contribution in [-0.2, 0) is 4.74 Å². The predicted octanol–water partition coefficient (Wildman–Crippen LogP) is 3.07. The lowest BCUT2D eigenvalue weighted by Gasteiger charge is -2.14. The first-order valence-corrected chi connectivity index (χ1v) is 5.43. The van der Waals surface area contributed by atoms with Crippen molar-refractivity contribution >= 4 is 11.6 Å². The molecule has 1 aliphatic rings. The molecule has 0 aromatic carbocycles. The van der Waals surface area contributed by atoms with E-state index in [2.05, 4.69) is 13.8 Å². The Morgan fingerprint density at radius 3 is 2.58 bits per heavy atom. The minimum atomic E-state index is 0.572. The molecule has 2 heteroatoms. The van der Waals surface area contributed by atoms with Crippen molar-refractivity contribution in [3.63, 3.8) is 0 Å². The standard InChI is InChI=1S/C10H19ClO/c1-8(2)5-9(6-11)3-4-10-7-12-10/h8-10H,3-7H2,1-2H3. The molecule has 0 amide bonds. The van der Waals surface area contributed by atoms with Crippen LogP contribution in [0.15, 0.2) is 0 Å². The van der Waals surface area contributed by atoms with Gasteiger partial charge in [0, 0.05) is 5.88 Å². The Bertz CT molecular complexity index is 121. The molecule has 2 atom stereocenters. The summed E-state index contributed by atoms with van der Waals surface area (Å²) in [6.07, 6.45) is 4.29. The van der Waals surface area contributed by atoms with E-state index in [1.807, 2.05) is 0 Å². The first kappa shape index (κ1) is 10.3. The minimum Gasteiger partial charge on any atom is -0.373 e. The SMILES string of the molecule is CC(C)CC(CCl)CCC1CO1. The summed E-state index contributed by atoms with van der Waals surface area (Å²) < 4.78 is 5.17. The van der Waals surface area contributed by atoms with Gasteiger partial charge in [0.25, 0.3) is 0 Å². The average Bonchev–Trinajstić information content (AvgIpc) is 2.80. The molecule has 0 radical (unpaired) electrons. The maximum absolute atomic E-state index is 5.87. The molecule has 72 valence electrons. The zero-order valence-electron chi connectivity index (χ0n) is 8.05. The van der Waals surface area contributed by atoms with Crippen molar-refractivity contribution in [2.24, 2.45) is 11.8 Å². The van der Waals surface area contributed by atoms with E-state index in [-0.39, 0.29) is 0 Å². The van der Waals surface area contributed by atoms with E-state index < -0.39 is 0 Å². The van der Waals surface area contributed by atoms with Gasteiger partial charge in [0.05, 0.1) is 12.7 Å². The third kappa shape index (κ3) is 4.32. The quantitative estimate of drug-likeness (QED) is 0.463. The van der Waals surface area contributed by atoms with Crippen LogP contribution in [0, 0.1) is 11.8 Å². The molecule has 12 heavy (non-hydrogen) atoms. The topological polar surface area (TPSA) is 12.5 Å². The van der Waals surface area contributed by atoms with Crippen molar-refractivity contribution in [3.05, 3.63) is 0 Å². The molecule has 1 fully saturated rings. The van der Waals surface area contributed by atoms with E-state index in [0.29, 0.717) is 12.0 Å². The highest BCUT2D eigenvalue weighted by atomic mass is 35.5. The summed E-state index contributed by atoms with van der Waals surface area (Å²) in [5.74, 6) is 2.29. The first-order valence-electron chi connectivity index (χ1n) is 4.90. The molecule has 0 saturated carbocycles. The van der Waals surface area contributed by atoms with Gasteiger partial charge in [0.2, 0.25) is 0 Å². The van der Waals surface area contributed by atoms with Gasteiger partial charge in [-0.1, -0.05) is 13.8 Å². The monoisotopic (exact) mass is 190 g/mol. The largest absolute Gasteiger partial charge is 0.373 e. The highest BCUT2D eigenvalue weighted by Crippen LogP contribution is 2.23. The van der Waals surface area contributed by atoms with Crippen molar-refractivity contribution in [2.45, 2.75) is 39.2 Å². The maximum Gasteiger partial charge on any atom is 0.0810 e. The van der Waals surface area contributed by atoms with E-state index in [1.54, 1.807) is 0 Å². The van der Waals surface area contributed by atoms with Crippen LogP contribution < -0.4 is 0 Å². The van der Waals surface area contributed by atoms with Crippen LogP contribution in [0.4, 0.5) is 0 Å². The molecule has 0 spiro atoms. The van der Waals surface area contributed by atoms with Crippen LogP contribution >= 0.6 is 11.6 Å². The number of ether oxygens (including phenoxy) is 1. The Hall–Kier alpha value is 0.250. The summed E-state index contributed by atoms with van der Waals surface area (Å²) in [7, 11) is 0. The van der Waals surface area contributed by atoms with Gasteiger partial charge in [0.1, 0.15) is 0 Å². The van der Waals surface area contributed by atoms with E-state index in [0.717, 1.165) is 18.4 Å². The fraction of sp³-hybridized carbons (Fsp3) is 1.00. The third-order valence-corrected chi connectivity index (χ3v) is 2.76. The molecular weight excluding hydrogens is 172 g/mol. The van der Waals surface area contributed by atoms with Crippen LogP contribution in [0.2, 0.25) is 0 Å². The molecular formula is C10H19ClO. The number of epoxide rings is 1. The van der Waals surface area contributed by atoms with Gasteiger partial charge >= 0.3 is 0 Å². The zero-order valence-corrected chi connectivity index (χ0v) is 8.81. The van der Waals surface area contributed by atoms with Crippen LogP contribution in [0.5, 0.6) is 0 Å². The lowest BCUT2D eigenvalue weighted by atomic mass is 9.94. The highest BCUT2D eigenvalue weighted by molar-refractivity contribution is 6.18. The van der Waals surface area contributed by atoms with E-state index >= 15 is 0 Å². The van der Waals surface area contributed by atoms with Gasteiger partial charge in [-0.15, -0.1) is 11.6 Å². The highest BCUT2D eigenvalue weighted by Gasteiger charge is 2.23. The van der Waals surface area contributed by atoms with Gasteiger partial charge in [0.15, 0.2) is 0 Å². The summed E-state index contributed by atoms with van der Waals surface area (Å²) in [5, 5.41) is 0. The van der Waals surface area contributed by atoms with Crippen molar-refractivity contribution < 1.29 is 4.74 Å². The smallest absolute Gasteiger partial charge is 0.0810 e. The predicted molar refractivity (Wildman–Crippen MR) is 52.6 cm³/mol. The van der Waals surface area contributed by atoms with Gasteiger partial charge < -0.3 is 4.74 Å². The second kappa shape index (κ2) is 5.08. The number of hydrogen-bond donors (Lipinski definition) is 0. The third-order valence-electron chi connectivity index (χ3n) is 2.32. The number of hydrogen-bond acceptors (Lipinski definition) is 1. The van der Waals surface area contributed by atoms with Crippen LogP contribution in [0.25, 0.3) is 0 Å². The van der Waals surface area contributed by atoms with Gasteiger partial charge in [-0.3, -0.25) is 0 Å². The maximum atomic E-state index is 5.87. The number of alkyl halides is 1.